The Labute approximate surface area is 111 Å². The van der Waals surface area contributed by atoms with Crippen LogP contribution in [-0.4, -0.2) is 17.4 Å². The highest BCUT2D eigenvalue weighted by molar-refractivity contribution is 6.35. The Bertz CT molecular complexity index is 601. The summed E-state index contributed by atoms with van der Waals surface area (Å²) in [5, 5.41) is 4.45. The molecule has 0 saturated carbocycles. The minimum atomic E-state index is -0.110. The molecule has 0 aliphatic heterocycles. The van der Waals surface area contributed by atoms with E-state index in [9.17, 15) is 4.79 Å². The zero-order valence-corrected chi connectivity index (χ0v) is 11.0. The van der Waals surface area contributed by atoms with Crippen LogP contribution < -0.4 is 5.32 Å². The first-order chi connectivity index (χ1) is 8.65. The predicted molar refractivity (Wildman–Crippen MR) is 75.2 cm³/mol. The van der Waals surface area contributed by atoms with Crippen LogP contribution in [0.25, 0.3) is 10.9 Å². The molecule has 0 atom stereocenters. The second-order valence-electron chi connectivity index (χ2n) is 4.12. The van der Waals surface area contributed by atoms with Crippen LogP contribution in [0.3, 0.4) is 0 Å². The maximum absolute atomic E-state index is 12.0. The minimum Gasteiger partial charge on any atom is -0.350 e. The topological polar surface area (TPSA) is 44.9 Å². The van der Waals surface area contributed by atoms with Crippen molar-refractivity contribution in [1.82, 2.24) is 10.3 Å². The summed E-state index contributed by atoms with van der Waals surface area (Å²) in [6.07, 6.45) is 2.53. The smallest absolute Gasteiger partial charge is 0.268 e. The maximum atomic E-state index is 12.0. The SMILES string of the molecule is C=CCCNC(=O)c1[nH]c2c(Cl)cccc2c1C. The molecular weight excluding hydrogens is 248 g/mol. The number of rotatable bonds is 4. The number of para-hydroxylation sites is 1. The van der Waals surface area contributed by atoms with Crippen molar-refractivity contribution in [3.8, 4) is 0 Å². The molecule has 0 bridgehead atoms. The largest absolute Gasteiger partial charge is 0.350 e. The van der Waals surface area contributed by atoms with Gasteiger partial charge in [0.2, 0.25) is 0 Å². The molecule has 0 aliphatic rings. The van der Waals surface area contributed by atoms with Gasteiger partial charge in [-0.25, -0.2) is 0 Å². The van der Waals surface area contributed by atoms with Crippen LogP contribution in [0.5, 0.6) is 0 Å². The van der Waals surface area contributed by atoms with Crippen molar-refractivity contribution in [3.63, 3.8) is 0 Å². The summed E-state index contributed by atoms with van der Waals surface area (Å²) in [5.41, 5.74) is 2.30. The van der Waals surface area contributed by atoms with Crippen molar-refractivity contribution in [2.45, 2.75) is 13.3 Å². The van der Waals surface area contributed by atoms with Gasteiger partial charge in [0, 0.05) is 11.9 Å². The normalized spacial score (nSPS) is 10.6. The molecule has 0 fully saturated rings. The maximum Gasteiger partial charge on any atom is 0.268 e. The number of benzene rings is 1. The summed E-state index contributed by atoms with van der Waals surface area (Å²) in [6, 6.07) is 5.64. The molecule has 0 unspecified atom stereocenters. The summed E-state index contributed by atoms with van der Waals surface area (Å²) < 4.78 is 0. The fraction of sp³-hybridized carbons (Fsp3) is 0.214. The third-order valence-corrected chi connectivity index (χ3v) is 3.22. The number of carbonyl (C=O) groups excluding carboxylic acids is 1. The van der Waals surface area contributed by atoms with Gasteiger partial charge in [0.05, 0.1) is 10.5 Å². The standard InChI is InChI=1S/C14H15ClN2O/c1-3-4-8-16-14(18)12-9(2)10-6-5-7-11(15)13(10)17-12/h3,5-7,17H,1,4,8H2,2H3,(H,16,18). The predicted octanol–water partition coefficient (Wildman–Crippen LogP) is 3.44. The molecule has 3 nitrogen and oxygen atoms in total. The van der Waals surface area contributed by atoms with E-state index in [4.69, 9.17) is 11.6 Å². The number of aromatic amines is 1. The highest BCUT2D eigenvalue weighted by Crippen LogP contribution is 2.27. The molecule has 0 spiro atoms. The number of hydrogen-bond donors (Lipinski definition) is 2. The van der Waals surface area contributed by atoms with Gasteiger partial charge in [0.25, 0.3) is 5.91 Å². The molecule has 2 N–H and O–H groups in total. The van der Waals surface area contributed by atoms with Crippen LogP contribution in [0.15, 0.2) is 30.9 Å². The summed E-state index contributed by atoms with van der Waals surface area (Å²) in [7, 11) is 0. The van der Waals surface area contributed by atoms with E-state index < -0.39 is 0 Å². The van der Waals surface area contributed by atoms with E-state index in [1.807, 2.05) is 19.1 Å². The second-order valence-corrected chi connectivity index (χ2v) is 4.53. The van der Waals surface area contributed by atoms with Crippen LogP contribution in [-0.2, 0) is 0 Å². The third kappa shape index (κ3) is 2.27. The molecule has 18 heavy (non-hydrogen) atoms. The van der Waals surface area contributed by atoms with E-state index in [1.54, 1.807) is 12.1 Å². The lowest BCUT2D eigenvalue weighted by Gasteiger charge is -2.02. The lowest BCUT2D eigenvalue weighted by Crippen LogP contribution is -2.25. The second kappa shape index (κ2) is 5.27. The first-order valence-electron chi connectivity index (χ1n) is 5.81. The van der Waals surface area contributed by atoms with Gasteiger partial charge >= 0.3 is 0 Å². The zero-order valence-electron chi connectivity index (χ0n) is 10.2. The van der Waals surface area contributed by atoms with Crippen molar-refractivity contribution in [3.05, 3.63) is 47.1 Å². The highest BCUT2D eigenvalue weighted by atomic mass is 35.5. The van der Waals surface area contributed by atoms with Gasteiger partial charge in [-0.15, -0.1) is 6.58 Å². The molecule has 0 radical (unpaired) electrons. The van der Waals surface area contributed by atoms with E-state index in [2.05, 4.69) is 16.9 Å². The Hall–Kier alpha value is -1.74. The average molecular weight is 263 g/mol. The van der Waals surface area contributed by atoms with Crippen molar-refractivity contribution in [1.29, 1.82) is 0 Å². The van der Waals surface area contributed by atoms with Gasteiger partial charge in [-0.2, -0.15) is 0 Å². The van der Waals surface area contributed by atoms with Crippen molar-refractivity contribution in [2.24, 2.45) is 0 Å². The first-order valence-corrected chi connectivity index (χ1v) is 6.19. The Balaban J connectivity index is 2.34. The molecule has 1 aromatic carbocycles. The van der Waals surface area contributed by atoms with E-state index in [-0.39, 0.29) is 5.91 Å². The number of halogens is 1. The van der Waals surface area contributed by atoms with Gasteiger partial charge in [0.1, 0.15) is 5.69 Å². The molecule has 94 valence electrons. The molecular formula is C14H15ClN2O. The first kappa shape index (κ1) is 12.7. The monoisotopic (exact) mass is 262 g/mol. The molecule has 2 rings (SSSR count). The number of aromatic nitrogens is 1. The molecule has 1 heterocycles. The van der Waals surface area contributed by atoms with E-state index in [0.29, 0.717) is 17.3 Å². The molecule has 0 aliphatic carbocycles. The fourth-order valence-corrected chi connectivity index (χ4v) is 2.14. The molecule has 1 amide bonds. The molecule has 1 aromatic heterocycles. The van der Waals surface area contributed by atoms with Crippen molar-refractivity contribution in [2.75, 3.05) is 6.54 Å². The number of fused-ring (bicyclic) bond motifs is 1. The van der Waals surface area contributed by atoms with Crippen LogP contribution in [0.2, 0.25) is 5.02 Å². The quantitative estimate of drug-likeness (QED) is 0.643. The average Bonchev–Trinajstić information content (AvgIpc) is 2.69. The van der Waals surface area contributed by atoms with Crippen LogP contribution in [0.4, 0.5) is 0 Å². The molecule has 4 heteroatoms. The summed E-state index contributed by atoms with van der Waals surface area (Å²) >= 11 is 6.10. The fourth-order valence-electron chi connectivity index (χ4n) is 1.92. The highest BCUT2D eigenvalue weighted by Gasteiger charge is 2.15. The lowest BCUT2D eigenvalue weighted by molar-refractivity contribution is 0.0949. The summed E-state index contributed by atoms with van der Waals surface area (Å²) in [5.74, 6) is -0.110. The van der Waals surface area contributed by atoms with Gasteiger partial charge in [-0.05, 0) is 25.0 Å². The third-order valence-electron chi connectivity index (χ3n) is 2.90. The van der Waals surface area contributed by atoms with Crippen LogP contribution in [0.1, 0.15) is 22.5 Å². The minimum absolute atomic E-state index is 0.110. The number of carbonyl (C=O) groups is 1. The Morgan fingerprint density at radius 2 is 2.33 bits per heavy atom. The van der Waals surface area contributed by atoms with Gasteiger partial charge in [0.15, 0.2) is 0 Å². The number of hydrogen-bond acceptors (Lipinski definition) is 1. The van der Waals surface area contributed by atoms with Gasteiger partial charge in [-0.3, -0.25) is 4.79 Å². The zero-order chi connectivity index (χ0) is 13.1. The molecule has 2 aromatic rings. The number of H-pyrrole nitrogens is 1. The number of aryl methyl sites for hydroxylation is 1. The molecule has 0 saturated heterocycles. The van der Waals surface area contributed by atoms with E-state index in [1.165, 1.54) is 0 Å². The Morgan fingerprint density at radius 3 is 3.00 bits per heavy atom. The van der Waals surface area contributed by atoms with Gasteiger partial charge < -0.3 is 10.3 Å². The van der Waals surface area contributed by atoms with Crippen molar-refractivity contribution < 1.29 is 4.79 Å². The summed E-state index contributed by atoms with van der Waals surface area (Å²) in [6.45, 7) is 6.12. The summed E-state index contributed by atoms with van der Waals surface area (Å²) in [4.78, 5) is 15.1. The van der Waals surface area contributed by atoms with Gasteiger partial charge in [-0.1, -0.05) is 29.8 Å². The lowest BCUT2D eigenvalue weighted by atomic mass is 10.1. The van der Waals surface area contributed by atoms with Crippen LogP contribution >= 0.6 is 11.6 Å². The Morgan fingerprint density at radius 1 is 1.56 bits per heavy atom. The Kier molecular flexibility index (Phi) is 3.72. The number of nitrogens with one attached hydrogen (secondary N) is 2. The number of amides is 1. The van der Waals surface area contributed by atoms with Crippen molar-refractivity contribution >= 4 is 28.4 Å². The van der Waals surface area contributed by atoms with E-state index in [0.717, 1.165) is 22.9 Å². The van der Waals surface area contributed by atoms with E-state index >= 15 is 0 Å². The van der Waals surface area contributed by atoms with Crippen LogP contribution in [0, 0.1) is 6.92 Å².